The van der Waals surface area contributed by atoms with Crippen LogP contribution < -0.4 is 10.1 Å². The lowest BCUT2D eigenvalue weighted by atomic mass is 10.1. The maximum atomic E-state index is 12.3. The van der Waals surface area contributed by atoms with Gasteiger partial charge in [-0.1, -0.05) is 28.1 Å². The van der Waals surface area contributed by atoms with Crippen molar-refractivity contribution in [2.75, 3.05) is 7.11 Å². The molecule has 0 bridgehead atoms. The van der Waals surface area contributed by atoms with Gasteiger partial charge in [-0.05, 0) is 36.8 Å². The number of methoxy groups -OCH3 is 1. The third-order valence-electron chi connectivity index (χ3n) is 3.36. The number of nitro groups is 1. The number of halogens is 1. The van der Waals surface area contributed by atoms with Gasteiger partial charge in [-0.25, -0.2) is 0 Å². The van der Waals surface area contributed by atoms with Crippen LogP contribution in [0.1, 0.15) is 28.9 Å². The number of nitro benzene ring substituents is 1. The van der Waals surface area contributed by atoms with E-state index in [-0.39, 0.29) is 28.9 Å². The van der Waals surface area contributed by atoms with Gasteiger partial charge < -0.3 is 10.1 Å². The molecule has 1 amide bonds. The fourth-order valence-electron chi connectivity index (χ4n) is 2.09. The summed E-state index contributed by atoms with van der Waals surface area (Å²) in [5.74, 6) is -0.265. The number of carbonyl (C=O) groups is 1. The number of ether oxygens (including phenoxy) is 1. The first kappa shape index (κ1) is 17.0. The van der Waals surface area contributed by atoms with Gasteiger partial charge in [0.1, 0.15) is 0 Å². The number of hydrogen-bond acceptors (Lipinski definition) is 4. The van der Waals surface area contributed by atoms with Crippen LogP contribution in [0.15, 0.2) is 46.9 Å². The summed E-state index contributed by atoms with van der Waals surface area (Å²) in [6, 6.07) is 11.5. The SMILES string of the molecule is COc1ccc(C(=O)NC(C)c2ccc(Br)cc2)cc1[N+](=O)[O-]. The molecule has 23 heavy (non-hydrogen) atoms. The second-order valence-electron chi connectivity index (χ2n) is 4.89. The molecule has 0 spiro atoms. The molecule has 0 heterocycles. The van der Waals surface area contributed by atoms with E-state index in [1.807, 2.05) is 31.2 Å². The van der Waals surface area contributed by atoms with Crippen molar-refractivity contribution in [1.82, 2.24) is 5.32 Å². The van der Waals surface area contributed by atoms with Gasteiger partial charge in [-0.3, -0.25) is 14.9 Å². The number of rotatable bonds is 5. The Bertz CT molecular complexity index is 731. The van der Waals surface area contributed by atoms with Crippen molar-refractivity contribution in [2.24, 2.45) is 0 Å². The lowest BCUT2D eigenvalue weighted by molar-refractivity contribution is -0.385. The molecule has 1 atom stereocenters. The van der Waals surface area contributed by atoms with E-state index < -0.39 is 4.92 Å². The first-order valence-corrected chi connectivity index (χ1v) is 7.60. The Balaban J connectivity index is 2.18. The Labute approximate surface area is 141 Å². The molecule has 7 heteroatoms. The third-order valence-corrected chi connectivity index (χ3v) is 3.88. The highest BCUT2D eigenvalue weighted by Gasteiger charge is 2.19. The minimum Gasteiger partial charge on any atom is -0.490 e. The van der Waals surface area contributed by atoms with Crippen molar-refractivity contribution in [1.29, 1.82) is 0 Å². The van der Waals surface area contributed by atoms with E-state index in [4.69, 9.17) is 4.74 Å². The molecule has 0 aliphatic rings. The van der Waals surface area contributed by atoms with Crippen LogP contribution in [0, 0.1) is 10.1 Å². The number of benzene rings is 2. The Morgan fingerprint density at radius 2 is 1.91 bits per heavy atom. The third kappa shape index (κ3) is 4.07. The number of nitrogens with one attached hydrogen (secondary N) is 1. The first-order valence-electron chi connectivity index (χ1n) is 6.81. The summed E-state index contributed by atoms with van der Waals surface area (Å²) in [5.41, 5.74) is 0.905. The van der Waals surface area contributed by atoms with E-state index in [1.165, 1.54) is 25.3 Å². The molecule has 0 fully saturated rings. The summed E-state index contributed by atoms with van der Waals surface area (Å²) in [5, 5.41) is 13.8. The largest absolute Gasteiger partial charge is 0.490 e. The lowest BCUT2D eigenvalue weighted by Gasteiger charge is -2.14. The second kappa shape index (κ2) is 7.23. The number of hydrogen-bond donors (Lipinski definition) is 1. The molecule has 2 aromatic rings. The topological polar surface area (TPSA) is 81.5 Å². The first-order chi connectivity index (χ1) is 10.9. The number of carbonyl (C=O) groups excluding carboxylic acids is 1. The van der Waals surface area contributed by atoms with Gasteiger partial charge in [0.25, 0.3) is 5.91 Å². The maximum absolute atomic E-state index is 12.3. The molecule has 1 N–H and O–H groups in total. The van der Waals surface area contributed by atoms with E-state index in [1.54, 1.807) is 0 Å². The predicted molar refractivity (Wildman–Crippen MR) is 89.7 cm³/mol. The molecule has 0 saturated heterocycles. The van der Waals surface area contributed by atoms with Gasteiger partial charge in [-0.15, -0.1) is 0 Å². The highest BCUT2D eigenvalue weighted by molar-refractivity contribution is 9.10. The van der Waals surface area contributed by atoms with E-state index >= 15 is 0 Å². The van der Waals surface area contributed by atoms with E-state index in [9.17, 15) is 14.9 Å². The van der Waals surface area contributed by atoms with E-state index in [2.05, 4.69) is 21.2 Å². The summed E-state index contributed by atoms with van der Waals surface area (Å²) in [4.78, 5) is 22.7. The lowest BCUT2D eigenvalue weighted by Crippen LogP contribution is -2.26. The smallest absolute Gasteiger partial charge is 0.311 e. The summed E-state index contributed by atoms with van der Waals surface area (Å²) < 4.78 is 5.87. The van der Waals surface area contributed by atoms with Crippen molar-refractivity contribution >= 4 is 27.5 Å². The Morgan fingerprint density at radius 1 is 1.26 bits per heavy atom. The van der Waals surface area contributed by atoms with Crippen molar-refractivity contribution in [3.63, 3.8) is 0 Å². The monoisotopic (exact) mass is 378 g/mol. The zero-order chi connectivity index (χ0) is 17.0. The van der Waals surface area contributed by atoms with Crippen LogP contribution in [0.3, 0.4) is 0 Å². The van der Waals surface area contributed by atoms with Crippen LogP contribution in [0.25, 0.3) is 0 Å². The molecule has 0 saturated carbocycles. The minimum absolute atomic E-state index is 0.118. The Kier molecular flexibility index (Phi) is 5.33. The summed E-state index contributed by atoms with van der Waals surface area (Å²) >= 11 is 3.35. The fraction of sp³-hybridized carbons (Fsp3) is 0.188. The molecule has 2 aromatic carbocycles. The molecule has 2 rings (SSSR count). The second-order valence-corrected chi connectivity index (χ2v) is 5.81. The van der Waals surface area contributed by atoms with Crippen LogP contribution >= 0.6 is 15.9 Å². The molecular weight excluding hydrogens is 364 g/mol. The van der Waals surface area contributed by atoms with Gasteiger partial charge in [-0.2, -0.15) is 0 Å². The van der Waals surface area contributed by atoms with E-state index in [0.717, 1.165) is 10.0 Å². The van der Waals surface area contributed by atoms with Gasteiger partial charge in [0.15, 0.2) is 5.75 Å². The predicted octanol–water partition coefficient (Wildman–Crippen LogP) is 3.86. The van der Waals surface area contributed by atoms with Gasteiger partial charge in [0, 0.05) is 16.1 Å². The quantitative estimate of drug-likeness (QED) is 0.632. The summed E-state index contributed by atoms with van der Waals surface area (Å²) in [6.07, 6.45) is 0. The van der Waals surface area contributed by atoms with Crippen LogP contribution in [0.2, 0.25) is 0 Å². The molecule has 120 valence electrons. The minimum atomic E-state index is -0.576. The average molecular weight is 379 g/mol. The van der Waals surface area contributed by atoms with Crippen LogP contribution in [0.4, 0.5) is 5.69 Å². The standard InChI is InChI=1S/C16H15BrN2O4/c1-10(11-3-6-13(17)7-4-11)18-16(20)12-5-8-15(23-2)14(9-12)19(21)22/h3-10H,1-2H3,(H,18,20). The highest BCUT2D eigenvalue weighted by Crippen LogP contribution is 2.27. The van der Waals surface area contributed by atoms with Crippen molar-refractivity contribution in [3.8, 4) is 5.75 Å². The van der Waals surface area contributed by atoms with Crippen molar-refractivity contribution in [2.45, 2.75) is 13.0 Å². The number of amides is 1. The zero-order valence-electron chi connectivity index (χ0n) is 12.6. The van der Waals surface area contributed by atoms with E-state index in [0.29, 0.717) is 0 Å². The molecular formula is C16H15BrN2O4. The van der Waals surface area contributed by atoms with Crippen LogP contribution in [-0.2, 0) is 0 Å². The van der Waals surface area contributed by atoms with Crippen LogP contribution in [-0.4, -0.2) is 17.9 Å². The molecule has 1 unspecified atom stereocenters. The molecule has 0 aliphatic heterocycles. The average Bonchev–Trinajstić information content (AvgIpc) is 2.54. The van der Waals surface area contributed by atoms with Gasteiger partial charge >= 0.3 is 5.69 Å². The maximum Gasteiger partial charge on any atom is 0.311 e. The molecule has 0 aromatic heterocycles. The van der Waals surface area contributed by atoms with Crippen molar-refractivity contribution in [3.05, 3.63) is 68.2 Å². The highest BCUT2D eigenvalue weighted by atomic mass is 79.9. The Hall–Kier alpha value is -2.41. The summed E-state index contributed by atoms with van der Waals surface area (Å²) in [7, 11) is 1.34. The molecule has 6 nitrogen and oxygen atoms in total. The Morgan fingerprint density at radius 3 is 2.48 bits per heavy atom. The van der Waals surface area contributed by atoms with Crippen LogP contribution in [0.5, 0.6) is 5.75 Å². The molecule has 0 radical (unpaired) electrons. The molecule has 0 aliphatic carbocycles. The number of nitrogens with zero attached hydrogens (tertiary/aromatic N) is 1. The zero-order valence-corrected chi connectivity index (χ0v) is 14.2. The summed E-state index contributed by atoms with van der Waals surface area (Å²) in [6.45, 7) is 1.85. The fourth-order valence-corrected chi connectivity index (χ4v) is 2.35. The van der Waals surface area contributed by atoms with Crippen molar-refractivity contribution < 1.29 is 14.5 Å². The van der Waals surface area contributed by atoms with Gasteiger partial charge in [0.05, 0.1) is 18.1 Å². The van der Waals surface area contributed by atoms with Gasteiger partial charge in [0.2, 0.25) is 0 Å². The normalized spacial score (nSPS) is 11.6.